The van der Waals surface area contributed by atoms with Gasteiger partial charge in [-0.15, -0.1) is 11.8 Å². The topological polar surface area (TPSA) is 70.8 Å². The molecule has 29 heavy (non-hydrogen) atoms. The van der Waals surface area contributed by atoms with Crippen LogP contribution in [0.1, 0.15) is 11.3 Å². The molecular formula is C20H25N5O2S2. The van der Waals surface area contributed by atoms with Gasteiger partial charge in [0.15, 0.2) is 10.5 Å². The van der Waals surface area contributed by atoms with E-state index >= 15 is 0 Å². The van der Waals surface area contributed by atoms with Crippen LogP contribution in [0, 0.1) is 13.8 Å². The van der Waals surface area contributed by atoms with Crippen LogP contribution in [-0.4, -0.2) is 67.4 Å². The first-order valence-electron chi connectivity index (χ1n) is 9.52. The van der Waals surface area contributed by atoms with Gasteiger partial charge in [0.2, 0.25) is 9.84 Å². The number of nitrogens with zero attached hydrogens (tertiary/aromatic N) is 5. The Hall–Kier alpha value is -2.10. The van der Waals surface area contributed by atoms with E-state index in [9.17, 15) is 8.42 Å². The summed E-state index contributed by atoms with van der Waals surface area (Å²) in [5.74, 6) is 0.936. The predicted octanol–water partition coefficient (Wildman–Crippen LogP) is 2.65. The Balaban J connectivity index is 1.98. The third kappa shape index (κ3) is 3.41. The van der Waals surface area contributed by atoms with Crippen molar-refractivity contribution >= 4 is 33.1 Å². The van der Waals surface area contributed by atoms with E-state index in [1.807, 2.05) is 26.2 Å². The molecule has 0 N–H and O–H groups in total. The van der Waals surface area contributed by atoms with E-state index in [-0.39, 0.29) is 9.79 Å². The molecule has 1 fully saturated rings. The van der Waals surface area contributed by atoms with Gasteiger partial charge in [0.05, 0.1) is 4.90 Å². The second kappa shape index (κ2) is 7.62. The zero-order valence-electron chi connectivity index (χ0n) is 17.1. The summed E-state index contributed by atoms with van der Waals surface area (Å²) in [7, 11) is -1.63. The molecule has 0 unspecified atom stereocenters. The third-order valence-electron chi connectivity index (χ3n) is 5.46. The van der Waals surface area contributed by atoms with Gasteiger partial charge < -0.3 is 9.80 Å². The fraction of sp³-hybridized carbons (Fsp3) is 0.400. The van der Waals surface area contributed by atoms with Crippen LogP contribution in [0.4, 0.5) is 5.82 Å². The number of aryl methyl sites for hydroxylation is 1. The molecule has 0 saturated carbocycles. The van der Waals surface area contributed by atoms with Crippen LogP contribution >= 0.6 is 11.8 Å². The zero-order valence-corrected chi connectivity index (χ0v) is 18.7. The average Bonchev–Trinajstić information content (AvgIpc) is 3.09. The highest BCUT2D eigenvalue weighted by Crippen LogP contribution is 2.35. The SMILES string of the molecule is CSc1nn2c(N3CCN(C)CC3)c(C)c(C)nc2c1S(=O)(=O)c1ccccc1. The van der Waals surface area contributed by atoms with Crippen LogP contribution in [0.5, 0.6) is 0 Å². The van der Waals surface area contributed by atoms with Gasteiger partial charge >= 0.3 is 0 Å². The van der Waals surface area contributed by atoms with Crippen molar-refractivity contribution < 1.29 is 8.42 Å². The summed E-state index contributed by atoms with van der Waals surface area (Å²) < 4.78 is 28.7. The highest BCUT2D eigenvalue weighted by molar-refractivity contribution is 7.99. The van der Waals surface area contributed by atoms with E-state index in [1.54, 1.807) is 28.8 Å². The van der Waals surface area contributed by atoms with E-state index in [1.165, 1.54) is 11.8 Å². The molecule has 1 aliphatic heterocycles. The number of benzene rings is 1. The molecule has 0 amide bonds. The van der Waals surface area contributed by atoms with Gasteiger partial charge in [-0.25, -0.2) is 13.4 Å². The van der Waals surface area contributed by atoms with Gasteiger partial charge in [-0.3, -0.25) is 0 Å². The number of hydrogen-bond donors (Lipinski definition) is 0. The first-order chi connectivity index (χ1) is 13.8. The van der Waals surface area contributed by atoms with Gasteiger partial charge in [-0.05, 0) is 39.3 Å². The summed E-state index contributed by atoms with van der Waals surface area (Å²) in [6, 6.07) is 8.50. The summed E-state index contributed by atoms with van der Waals surface area (Å²) in [6.07, 6.45) is 1.85. The highest BCUT2D eigenvalue weighted by Gasteiger charge is 2.31. The Morgan fingerprint density at radius 3 is 2.31 bits per heavy atom. The van der Waals surface area contributed by atoms with Gasteiger partial charge in [0.25, 0.3) is 0 Å². The average molecular weight is 432 g/mol. The van der Waals surface area contributed by atoms with Gasteiger partial charge in [0.1, 0.15) is 10.8 Å². The molecule has 1 aromatic carbocycles. The number of thioether (sulfide) groups is 1. The lowest BCUT2D eigenvalue weighted by Crippen LogP contribution is -2.45. The smallest absolute Gasteiger partial charge is 0.213 e. The minimum Gasteiger partial charge on any atom is -0.354 e. The van der Waals surface area contributed by atoms with E-state index in [0.29, 0.717) is 10.7 Å². The molecule has 7 nitrogen and oxygen atoms in total. The quantitative estimate of drug-likeness (QED) is 0.588. The molecule has 0 bridgehead atoms. The number of fused-ring (bicyclic) bond motifs is 1. The number of piperazine rings is 1. The Bertz CT molecular complexity index is 1150. The van der Waals surface area contributed by atoms with Crippen molar-refractivity contribution in [3.8, 4) is 0 Å². The van der Waals surface area contributed by atoms with Crippen LogP contribution in [0.3, 0.4) is 0 Å². The largest absolute Gasteiger partial charge is 0.354 e. The Kier molecular flexibility index (Phi) is 5.30. The molecule has 0 atom stereocenters. The molecule has 0 spiro atoms. The summed E-state index contributed by atoms with van der Waals surface area (Å²) in [4.78, 5) is 9.70. The maximum absolute atomic E-state index is 13.5. The van der Waals surface area contributed by atoms with E-state index < -0.39 is 9.84 Å². The fourth-order valence-corrected chi connectivity index (χ4v) is 6.07. The second-order valence-corrected chi connectivity index (χ2v) is 10.0. The summed E-state index contributed by atoms with van der Waals surface area (Å²) in [6.45, 7) is 7.60. The standard InChI is InChI=1S/C20H25N5O2S2/c1-14-15(2)21-18-17(29(26,27)16-8-6-5-7-9-16)19(28-4)22-25(18)20(14)24-12-10-23(3)11-13-24/h5-9H,10-13H2,1-4H3. The minimum absolute atomic E-state index is 0.190. The van der Waals surface area contributed by atoms with Crippen LogP contribution in [0.25, 0.3) is 5.65 Å². The molecular weight excluding hydrogens is 406 g/mol. The van der Waals surface area contributed by atoms with Gasteiger partial charge in [-0.2, -0.15) is 9.61 Å². The Morgan fingerprint density at radius 2 is 1.69 bits per heavy atom. The summed E-state index contributed by atoms with van der Waals surface area (Å²) in [5.41, 5.74) is 2.25. The van der Waals surface area contributed by atoms with Crippen molar-refractivity contribution in [2.75, 3.05) is 44.4 Å². The van der Waals surface area contributed by atoms with Crippen molar-refractivity contribution in [2.45, 2.75) is 28.7 Å². The molecule has 0 radical (unpaired) electrons. The van der Waals surface area contributed by atoms with E-state index in [2.05, 4.69) is 21.8 Å². The Labute approximate surface area is 175 Å². The molecule has 2 aromatic heterocycles. The lowest BCUT2D eigenvalue weighted by atomic mass is 10.2. The van der Waals surface area contributed by atoms with Crippen molar-refractivity contribution in [3.05, 3.63) is 41.6 Å². The fourth-order valence-electron chi connectivity index (χ4n) is 3.66. The molecule has 1 aliphatic rings. The number of anilines is 1. The first kappa shape index (κ1) is 20.2. The van der Waals surface area contributed by atoms with Crippen LogP contribution in [0.2, 0.25) is 0 Å². The van der Waals surface area contributed by atoms with Crippen molar-refractivity contribution in [3.63, 3.8) is 0 Å². The number of likely N-dealkylation sites (N-methyl/N-ethyl adjacent to an activating group) is 1. The molecule has 9 heteroatoms. The molecule has 3 heterocycles. The number of sulfone groups is 1. The zero-order chi connectivity index (χ0) is 20.8. The minimum atomic E-state index is -3.74. The number of rotatable bonds is 4. The van der Waals surface area contributed by atoms with Crippen LogP contribution in [-0.2, 0) is 9.84 Å². The van der Waals surface area contributed by atoms with Crippen molar-refractivity contribution in [2.24, 2.45) is 0 Å². The first-order valence-corrected chi connectivity index (χ1v) is 12.2. The van der Waals surface area contributed by atoms with E-state index in [4.69, 9.17) is 5.10 Å². The lowest BCUT2D eigenvalue weighted by Gasteiger charge is -2.35. The molecule has 1 saturated heterocycles. The molecule has 0 aliphatic carbocycles. The number of hydrogen-bond acceptors (Lipinski definition) is 7. The van der Waals surface area contributed by atoms with E-state index in [0.717, 1.165) is 43.3 Å². The molecule has 4 rings (SSSR count). The van der Waals surface area contributed by atoms with Gasteiger partial charge in [-0.1, -0.05) is 18.2 Å². The van der Waals surface area contributed by atoms with Crippen molar-refractivity contribution in [1.29, 1.82) is 0 Å². The predicted molar refractivity (Wildman–Crippen MR) is 116 cm³/mol. The third-order valence-corrected chi connectivity index (χ3v) is 8.07. The molecule has 154 valence electrons. The lowest BCUT2D eigenvalue weighted by molar-refractivity contribution is 0.311. The normalized spacial score (nSPS) is 15.9. The Morgan fingerprint density at radius 1 is 1.03 bits per heavy atom. The van der Waals surface area contributed by atoms with Crippen LogP contribution < -0.4 is 4.90 Å². The van der Waals surface area contributed by atoms with Crippen molar-refractivity contribution in [1.82, 2.24) is 19.5 Å². The monoisotopic (exact) mass is 431 g/mol. The number of aromatic nitrogens is 3. The summed E-state index contributed by atoms with van der Waals surface area (Å²) >= 11 is 1.33. The van der Waals surface area contributed by atoms with Gasteiger partial charge in [0, 0.05) is 37.4 Å². The highest BCUT2D eigenvalue weighted by atomic mass is 32.2. The maximum atomic E-state index is 13.5. The summed E-state index contributed by atoms with van der Waals surface area (Å²) in [5, 5.41) is 5.18. The van der Waals surface area contributed by atoms with Crippen LogP contribution in [0.15, 0.2) is 45.1 Å². The second-order valence-electron chi connectivity index (χ2n) is 7.33. The molecule has 3 aromatic rings. The maximum Gasteiger partial charge on any atom is 0.213 e.